The third kappa shape index (κ3) is 3.63. The van der Waals surface area contributed by atoms with Gasteiger partial charge in [0.2, 0.25) is 0 Å². The van der Waals surface area contributed by atoms with Crippen molar-refractivity contribution in [3.63, 3.8) is 0 Å². The third-order valence-electron chi connectivity index (χ3n) is 2.07. The molecule has 0 aliphatic carbocycles. The predicted molar refractivity (Wildman–Crippen MR) is 59.5 cm³/mol. The number of nitrogens with two attached hydrogens (primary N) is 1. The van der Waals surface area contributed by atoms with Crippen LogP contribution in [0.25, 0.3) is 0 Å². The average molecular weight is 243 g/mol. The zero-order valence-corrected chi connectivity index (χ0v) is 9.37. The van der Waals surface area contributed by atoms with Crippen LogP contribution in [0.1, 0.15) is 28.6 Å². The van der Waals surface area contributed by atoms with Crippen molar-refractivity contribution in [2.45, 2.75) is 25.3 Å². The zero-order chi connectivity index (χ0) is 12.1. The Bertz CT molecular complexity index is 388. The van der Waals surface area contributed by atoms with E-state index in [-0.39, 0.29) is 6.42 Å². The van der Waals surface area contributed by atoms with Gasteiger partial charge in [-0.1, -0.05) is 0 Å². The first kappa shape index (κ1) is 12.7. The zero-order valence-electron chi connectivity index (χ0n) is 8.55. The van der Waals surface area contributed by atoms with Crippen molar-refractivity contribution >= 4 is 23.3 Å². The van der Waals surface area contributed by atoms with Gasteiger partial charge < -0.3 is 15.9 Å². The van der Waals surface area contributed by atoms with E-state index in [1.807, 2.05) is 0 Å². The maximum absolute atomic E-state index is 10.6. The van der Waals surface area contributed by atoms with Gasteiger partial charge in [-0.25, -0.2) is 0 Å². The summed E-state index contributed by atoms with van der Waals surface area (Å²) in [4.78, 5) is 22.5. The Kier molecular flexibility index (Phi) is 4.45. The van der Waals surface area contributed by atoms with Crippen molar-refractivity contribution in [1.82, 2.24) is 0 Å². The van der Waals surface area contributed by atoms with Crippen molar-refractivity contribution in [3.05, 3.63) is 21.9 Å². The average Bonchev–Trinajstić information content (AvgIpc) is 2.64. The van der Waals surface area contributed by atoms with Crippen LogP contribution < -0.4 is 5.73 Å². The lowest BCUT2D eigenvalue weighted by atomic mass is 10.2. The molecule has 16 heavy (non-hydrogen) atoms. The SMILES string of the molecule is N[C@H](C(=O)O)c1ccc(CCCC(=O)O)s1. The van der Waals surface area contributed by atoms with E-state index in [0.717, 1.165) is 4.88 Å². The van der Waals surface area contributed by atoms with Gasteiger partial charge in [0.15, 0.2) is 0 Å². The Morgan fingerprint density at radius 3 is 2.62 bits per heavy atom. The van der Waals surface area contributed by atoms with Crippen LogP contribution in [-0.4, -0.2) is 22.2 Å². The molecule has 0 saturated carbocycles. The molecule has 0 spiro atoms. The molecule has 0 unspecified atom stereocenters. The molecule has 0 saturated heterocycles. The van der Waals surface area contributed by atoms with Crippen LogP contribution in [0.3, 0.4) is 0 Å². The fraction of sp³-hybridized carbons (Fsp3) is 0.400. The van der Waals surface area contributed by atoms with Gasteiger partial charge in [0.1, 0.15) is 6.04 Å². The highest BCUT2D eigenvalue weighted by molar-refractivity contribution is 7.12. The van der Waals surface area contributed by atoms with Crippen LogP contribution in [0.15, 0.2) is 12.1 Å². The molecule has 0 fully saturated rings. The lowest BCUT2D eigenvalue weighted by Gasteiger charge is -2.01. The molecular weight excluding hydrogens is 230 g/mol. The van der Waals surface area contributed by atoms with Crippen LogP contribution in [0.4, 0.5) is 0 Å². The summed E-state index contributed by atoms with van der Waals surface area (Å²) < 4.78 is 0. The number of carboxylic acid groups (broad SMARTS) is 2. The van der Waals surface area contributed by atoms with Gasteiger partial charge in [-0.05, 0) is 25.0 Å². The molecule has 5 nitrogen and oxygen atoms in total. The van der Waals surface area contributed by atoms with Crippen LogP contribution in [0.2, 0.25) is 0 Å². The quantitative estimate of drug-likeness (QED) is 0.697. The van der Waals surface area contributed by atoms with E-state index >= 15 is 0 Å². The van der Waals surface area contributed by atoms with Crippen LogP contribution in [0, 0.1) is 0 Å². The van der Waals surface area contributed by atoms with Crippen molar-refractivity contribution < 1.29 is 19.8 Å². The van der Waals surface area contributed by atoms with E-state index in [1.165, 1.54) is 11.3 Å². The number of aliphatic carboxylic acids is 2. The molecule has 0 aromatic carbocycles. The number of carbonyl (C=O) groups is 2. The van der Waals surface area contributed by atoms with Gasteiger partial charge in [-0.2, -0.15) is 0 Å². The number of aryl methyl sites for hydroxylation is 1. The van der Waals surface area contributed by atoms with Crippen LogP contribution in [0.5, 0.6) is 0 Å². The molecule has 6 heteroatoms. The molecule has 88 valence electrons. The van der Waals surface area contributed by atoms with Gasteiger partial charge in [0.05, 0.1) is 0 Å². The molecule has 0 aliphatic heterocycles. The topological polar surface area (TPSA) is 101 Å². The van der Waals surface area contributed by atoms with E-state index in [1.54, 1.807) is 12.1 Å². The Balaban J connectivity index is 2.51. The second-order valence-corrected chi connectivity index (χ2v) is 4.57. The van der Waals surface area contributed by atoms with Gasteiger partial charge in [0.25, 0.3) is 0 Å². The first-order valence-electron chi connectivity index (χ1n) is 4.79. The summed E-state index contributed by atoms with van der Waals surface area (Å²) in [5.74, 6) is -1.88. The van der Waals surface area contributed by atoms with Crippen LogP contribution >= 0.6 is 11.3 Å². The summed E-state index contributed by atoms with van der Waals surface area (Å²) in [6.45, 7) is 0. The summed E-state index contributed by atoms with van der Waals surface area (Å²) in [5, 5.41) is 17.2. The minimum absolute atomic E-state index is 0.123. The van der Waals surface area contributed by atoms with Gasteiger partial charge >= 0.3 is 11.9 Å². The molecule has 1 heterocycles. The first-order valence-corrected chi connectivity index (χ1v) is 5.61. The Labute approximate surface area is 96.5 Å². The fourth-order valence-corrected chi connectivity index (χ4v) is 2.28. The summed E-state index contributed by atoms with van der Waals surface area (Å²) in [5.41, 5.74) is 5.44. The number of hydrogen-bond acceptors (Lipinski definition) is 4. The van der Waals surface area contributed by atoms with E-state index in [4.69, 9.17) is 15.9 Å². The maximum Gasteiger partial charge on any atom is 0.325 e. The number of thiophene rings is 1. The van der Waals surface area contributed by atoms with Gasteiger partial charge in [0, 0.05) is 16.2 Å². The van der Waals surface area contributed by atoms with Crippen LogP contribution in [-0.2, 0) is 16.0 Å². The second-order valence-electron chi connectivity index (χ2n) is 3.37. The fourth-order valence-electron chi connectivity index (χ4n) is 1.23. The lowest BCUT2D eigenvalue weighted by molar-refractivity contribution is -0.139. The molecule has 0 bridgehead atoms. The number of hydrogen-bond donors (Lipinski definition) is 3. The summed E-state index contributed by atoms with van der Waals surface area (Å²) in [7, 11) is 0. The summed E-state index contributed by atoms with van der Waals surface area (Å²) >= 11 is 1.32. The summed E-state index contributed by atoms with van der Waals surface area (Å²) in [6.07, 6.45) is 1.32. The monoisotopic (exact) mass is 243 g/mol. The molecule has 1 rings (SSSR count). The van der Waals surface area contributed by atoms with E-state index in [2.05, 4.69) is 0 Å². The minimum Gasteiger partial charge on any atom is -0.481 e. The summed E-state index contributed by atoms with van der Waals surface area (Å²) in [6, 6.07) is 2.49. The second kappa shape index (κ2) is 5.62. The van der Waals surface area contributed by atoms with Crippen molar-refractivity contribution in [1.29, 1.82) is 0 Å². The number of rotatable bonds is 6. The van der Waals surface area contributed by atoms with E-state index < -0.39 is 18.0 Å². The highest BCUT2D eigenvalue weighted by Gasteiger charge is 2.16. The Morgan fingerprint density at radius 1 is 1.38 bits per heavy atom. The highest BCUT2D eigenvalue weighted by atomic mass is 32.1. The molecular formula is C10H13NO4S. The standard InChI is InChI=1S/C10H13NO4S/c11-9(10(14)15)7-5-4-6(16-7)2-1-3-8(12)13/h4-5,9H,1-3,11H2,(H,12,13)(H,14,15)/t9-/m0/s1. The molecule has 4 N–H and O–H groups in total. The highest BCUT2D eigenvalue weighted by Crippen LogP contribution is 2.23. The minimum atomic E-state index is -1.06. The van der Waals surface area contributed by atoms with Crippen molar-refractivity contribution in [2.24, 2.45) is 5.73 Å². The molecule has 0 amide bonds. The van der Waals surface area contributed by atoms with E-state index in [0.29, 0.717) is 17.7 Å². The number of carboxylic acids is 2. The van der Waals surface area contributed by atoms with Gasteiger partial charge in [-0.15, -0.1) is 11.3 Å². The van der Waals surface area contributed by atoms with Crippen molar-refractivity contribution in [2.75, 3.05) is 0 Å². The van der Waals surface area contributed by atoms with Gasteiger partial charge in [-0.3, -0.25) is 9.59 Å². The molecule has 1 aromatic rings. The molecule has 0 aliphatic rings. The molecule has 1 aromatic heterocycles. The molecule has 1 atom stereocenters. The maximum atomic E-state index is 10.6. The normalized spacial score (nSPS) is 12.3. The molecule has 0 radical (unpaired) electrons. The van der Waals surface area contributed by atoms with Crippen molar-refractivity contribution in [3.8, 4) is 0 Å². The Morgan fingerprint density at radius 2 is 2.06 bits per heavy atom. The van der Waals surface area contributed by atoms with E-state index in [9.17, 15) is 9.59 Å². The smallest absolute Gasteiger partial charge is 0.325 e. The third-order valence-corrected chi connectivity index (χ3v) is 3.30. The predicted octanol–water partition coefficient (Wildman–Crippen LogP) is 1.24. The first-order chi connectivity index (χ1) is 7.50. The Hall–Kier alpha value is -1.40. The largest absolute Gasteiger partial charge is 0.481 e. The lowest BCUT2D eigenvalue weighted by Crippen LogP contribution is -2.19.